The molecule has 0 aliphatic carbocycles. The molecule has 3 aromatic rings. The lowest BCUT2D eigenvalue weighted by atomic mass is 10.1. The quantitative estimate of drug-likeness (QED) is 0.717. The second kappa shape index (κ2) is 7.83. The number of aromatic amines is 1. The molecule has 1 heterocycles. The molecule has 0 atom stereocenters. The van der Waals surface area contributed by atoms with Gasteiger partial charge in [-0.2, -0.15) is 0 Å². The van der Waals surface area contributed by atoms with Gasteiger partial charge in [0.1, 0.15) is 11.6 Å². The molecule has 5 nitrogen and oxygen atoms in total. The van der Waals surface area contributed by atoms with Gasteiger partial charge < -0.3 is 14.6 Å². The van der Waals surface area contributed by atoms with Gasteiger partial charge in [0.25, 0.3) is 0 Å². The molecule has 2 aromatic carbocycles. The largest absolute Gasteiger partial charge is 0.494 e. The van der Waals surface area contributed by atoms with Crippen molar-refractivity contribution in [2.24, 2.45) is 0 Å². The third-order valence-corrected chi connectivity index (χ3v) is 4.11. The van der Waals surface area contributed by atoms with Crippen LogP contribution in [-0.4, -0.2) is 34.4 Å². The van der Waals surface area contributed by atoms with Crippen molar-refractivity contribution in [3.8, 4) is 5.75 Å². The number of para-hydroxylation sites is 2. The van der Waals surface area contributed by atoms with Gasteiger partial charge >= 0.3 is 0 Å². The molecule has 5 heteroatoms. The van der Waals surface area contributed by atoms with Gasteiger partial charge in [-0.25, -0.2) is 4.98 Å². The number of hydrogen-bond donors (Lipinski definition) is 1. The number of ether oxygens (including phenoxy) is 1. The van der Waals surface area contributed by atoms with E-state index in [2.05, 4.69) is 9.97 Å². The highest BCUT2D eigenvalue weighted by Gasteiger charge is 2.12. The number of benzene rings is 2. The maximum Gasteiger partial charge on any atom is 0.223 e. The highest BCUT2D eigenvalue weighted by Crippen LogP contribution is 2.15. The normalized spacial score (nSPS) is 10.8. The second-order valence-electron chi connectivity index (χ2n) is 6.03. The zero-order valence-corrected chi connectivity index (χ0v) is 14.7. The van der Waals surface area contributed by atoms with E-state index in [1.165, 1.54) is 0 Å². The molecular formula is C20H23N3O2. The molecule has 0 fully saturated rings. The third kappa shape index (κ3) is 4.38. The van der Waals surface area contributed by atoms with Crippen molar-refractivity contribution < 1.29 is 9.53 Å². The zero-order chi connectivity index (χ0) is 17.6. The van der Waals surface area contributed by atoms with E-state index in [0.717, 1.165) is 34.6 Å². The van der Waals surface area contributed by atoms with Crippen LogP contribution < -0.4 is 4.74 Å². The predicted octanol–water partition coefficient (Wildman–Crippen LogP) is 3.55. The van der Waals surface area contributed by atoms with E-state index in [-0.39, 0.29) is 5.91 Å². The molecule has 0 spiro atoms. The maximum absolute atomic E-state index is 12.4. The first-order chi connectivity index (χ1) is 12.2. The summed E-state index contributed by atoms with van der Waals surface area (Å²) in [6, 6.07) is 15.8. The summed E-state index contributed by atoms with van der Waals surface area (Å²) in [6.45, 7) is 3.10. The summed E-state index contributed by atoms with van der Waals surface area (Å²) in [6.07, 6.45) is 1.19. The van der Waals surface area contributed by atoms with Crippen LogP contribution in [0.15, 0.2) is 48.5 Å². The van der Waals surface area contributed by atoms with Crippen molar-refractivity contribution in [1.29, 1.82) is 0 Å². The van der Waals surface area contributed by atoms with Crippen molar-refractivity contribution in [2.75, 3.05) is 13.7 Å². The highest BCUT2D eigenvalue weighted by atomic mass is 16.5. The molecule has 0 aliphatic heterocycles. The number of H-pyrrole nitrogens is 1. The first kappa shape index (κ1) is 17.0. The fourth-order valence-corrected chi connectivity index (χ4v) is 2.75. The lowest BCUT2D eigenvalue weighted by Crippen LogP contribution is -2.26. The van der Waals surface area contributed by atoms with Crippen LogP contribution in [0.1, 0.15) is 24.7 Å². The molecule has 0 aliphatic rings. The smallest absolute Gasteiger partial charge is 0.223 e. The molecule has 0 bridgehead atoms. The Hall–Kier alpha value is -2.82. The summed E-state index contributed by atoms with van der Waals surface area (Å²) in [4.78, 5) is 21.9. The number of fused-ring (bicyclic) bond motifs is 1. The topological polar surface area (TPSA) is 58.2 Å². The Labute approximate surface area is 147 Å². The van der Waals surface area contributed by atoms with Gasteiger partial charge in [-0.05, 0) is 43.2 Å². The van der Waals surface area contributed by atoms with Crippen molar-refractivity contribution in [3.05, 3.63) is 59.9 Å². The van der Waals surface area contributed by atoms with Crippen molar-refractivity contribution in [3.63, 3.8) is 0 Å². The minimum Gasteiger partial charge on any atom is -0.494 e. The summed E-state index contributed by atoms with van der Waals surface area (Å²) in [7, 11) is 1.81. The predicted molar refractivity (Wildman–Crippen MR) is 98.5 cm³/mol. The van der Waals surface area contributed by atoms with Crippen LogP contribution in [0.3, 0.4) is 0 Å². The van der Waals surface area contributed by atoms with Gasteiger partial charge in [0.15, 0.2) is 0 Å². The summed E-state index contributed by atoms with van der Waals surface area (Å²) in [5, 5.41) is 0. The number of aromatic nitrogens is 2. The van der Waals surface area contributed by atoms with E-state index < -0.39 is 0 Å². The van der Waals surface area contributed by atoms with Gasteiger partial charge in [0.2, 0.25) is 5.91 Å². The number of hydrogen-bond acceptors (Lipinski definition) is 3. The number of aryl methyl sites for hydroxylation is 1. The molecule has 1 amide bonds. The molecule has 0 saturated carbocycles. The molecule has 25 heavy (non-hydrogen) atoms. The van der Waals surface area contributed by atoms with Gasteiger partial charge in [0.05, 0.1) is 24.2 Å². The number of carbonyl (C=O) groups excluding carboxylic acids is 1. The molecule has 1 N–H and O–H groups in total. The minimum absolute atomic E-state index is 0.106. The Kier molecular flexibility index (Phi) is 5.33. The van der Waals surface area contributed by atoms with Crippen molar-refractivity contribution in [1.82, 2.24) is 14.9 Å². The van der Waals surface area contributed by atoms with E-state index in [9.17, 15) is 4.79 Å². The number of rotatable bonds is 7. The van der Waals surface area contributed by atoms with Crippen LogP contribution in [-0.2, 0) is 17.8 Å². The van der Waals surface area contributed by atoms with Crippen molar-refractivity contribution >= 4 is 16.9 Å². The van der Waals surface area contributed by atoms with Gasteiger partial charge in [-0.15, -0.1) is 0 Å². The lowest BCUT2D eigenvalue weighted by molar-refractivity contribution is -0.130. The zero-order valence-electron chi connectivity index (χ0n) is 14.7. The molecule has 130 valence electrons. The summed E-state index contributed by atoms with van der Waals surface area (Å²) in [5.74, 6) is 1.77. The van der Waals surface area contributed by atoms with Crippen molar-refractivity contribution in [2.45, 2.75) is 26.3 Å². The Balaban J connectivity index is 1.53. The summed E-state index contributed by atoms with van der Waals surface area (Å²) < 4.78 is 5.43. The van der Waals surface area contributed by atoms with Gasteiger partial charge in [0, 0.05) is 13.5 Å². The highest BCUT2D eigenvalue weighted by molar-refractivity contribution is 5.77. The standard InChI is InChI=1S/C20H23N3O2/c1-3-25-16-11-8-15(9-12-16)10-13-20(24)23(2)14-19-21-17-6-4-5-7-18(17)22-19/h4-9,11-12H,3,10,13-14H2,1-2H3,(H,21,22). The molecule has 0 radical (unpaired) electrons. The SMILES string of the molecule is CCOc1ccc(CCC(=O)N(C)Cc2nc3ccccc3[nH]2)cc1. The first-order valence-corrected chi connectivity index (χ1v) is 8.55. The molecule has 0 unspecified atom stereocenters. The first-order valence-electron chi connectivity index (χ1n) is 8.55. The monoisotopic (exact) mass is 337 g/mol. The number of nitrogens with zero attached hydrogens (tertiary/aromatic N) is 2. The van der Waals surface area contributed by atoms with E-state index in [0.29, 0.717) is 19.6 Å². The van der Waals surface area contributed by atoms with E-state index in [4.69, 9.17) is 4.74 Å². The van der Waals surface area contributed by atoms with Crippen LogP contribution in [0.5, 0.6) is 5.75 Å². The number of nitrogens with one attached hydrogen (secondary N) is 1. The Morgan fingerprint density at radius 2 is 1.92 bits per heavy atom. The Bertz CT molecular complexity index is 807. The second-order valence-corrected chi connectivity index (χ2v) is 6.03. The Morgan fingerprint density at radius 3 is 2.64 bits per heavy atom. The van der Waals surface area contributed by atoms with E-state index in [1.54, 1.807) is 4.90 Å². The molecular weight excluding hydrogens is 314 g/mol. The third-order valence-electron chi connectivity index (χ3n) is 4.11. The van der Waals surface area contributed by atoms with Crippen LogP contribution in [0.2, 0.25) is 0 Å². The van der Waals surface area contributed by atoms with Crippen LogP contribution in [0.4, 0.5) is 0 Å². The van der Waals surface area contributed by atoms with Gasteiger partial charge in [-0.1, -0.05) is 24.3 Å². The average molecular weight is 337 g/mol. The summed E-state index contributed by atoms with van der Waals surface area (Å²) in [5.41, 5.74) is 3.05. The molecule has 3 rings (SSSR count). The lowest BCUT2D eigenvalue weighted by Gasteiger charge is -2.15. The average Bonchev–Trinajstić information content (AvgIpc) is 3.03. The maximum atomic E-state index is 12.4. The fraction of sp³-hybridized carbons (Fsp3) is 0.300. The molecule has 1 aromatic heterocycles. The van der Waals surface area contributed by atoms with Gasteiger partial charge in [-0.3, -0.25) is 4.79 Å². The number of amides is 1. The fourth-order valence-electron chi connectivity index (χ4n) is 2.75. The minimum atomic E-state index is 0.106. The van der Waals surface area contributed by atoms with Crippen LogP contribution >= 0.6 is 0 Å². The number of imidazole rings is 1. The Morgan fingerprint density at radius 1 is 1.16 bits per heavy atom. The van der Waals surface area contributed by atoms with Crippen LogP contribution in [0.25, 0.3) is 11.0 Å². The number of carbonyl (C=O) groups is 1. The van der Waals surface area contributed by atoms with E-state index >= 15 is 0 Å². The van der Waals surface area contributed by atoms with Crippen LogP contribution in [0, 0.1) is 0 Å². The van der Waals surface area contributed by atoms with E-state index in [1.807, 2.05) is 62.5 Å². The molecule has 0 saturated heterocycles. The summed E-state index contributed by atoms with van der Waals surface area (Å²) >= 11 is 0.